The van der Waals surface area contributed by atoms with Crippen molar-refractivity contribution in [3.05, 3.63) is 58.6 Å². The summed E-state index contributed by atoms with van der Waals surface area (Å²) >= 11 is 3.38. The summed E-state index contributed by atoms with van der Waals surface area (Å²) in [7, 11) is 0. The molecule has 0 atom stereocenters. The molecule has 0 heterocycles. The molecule has 2 rings (SSSR count). The molecule has 0 saturated heterocycles. The molecule has 0 saturated carbocycles. The number of hydrogen-bond acceptors (Lipinski definition) is 2. The summed E-state index contributed by atoms with van der Waals surface area (Å²) < 4.78 is 6.80. The van der Waals surface area contributed by atoms with Gasteiger partial charge in [-0.3, -0.25) is 4.79 Å². The third-order valence-electron chi connectivity index (χ3n) is 3.38. The van der Waals surface area contributed by atoms with E-state index in [4.69, 9.17) is 4.74 Å². The van der Waals surface area contributed by atoms with E-state index in [0.29, 0.717) is 5.75 Å². The molecule has 1 amide bonds. The summed E-state index contributed by atoms with van der Waals surface area (Å²) in [5.74, 6) is 0.489. The minimum absolute atomic E-state index is 0.170. The van der Waals surface area contributed by atoms with Gasteiger partial charge in [-0.05, 0) is 56.2 Å². The van der Waals surface area contributed by atoms with Crippen molar-refractivity contribution in [1.29, 1.82) is 0 Å². The van der Waals surface area contributed by atoms with Crippen molar-refractivity contribution in [3.8, 4) is 5.75 Å². The number of hydrogen-bond donors (Lipinski definition) is 1. The zero-order valence-electron chi connectivity index (χ0n) is 13.0. The molecule has 22 heavy (non-hydrogen) atoms. The normalized spacial score (nSPS) is 11.1. The first-order valence-electron chi connectivity index (χ1n) is 7.26. The van der Waals surface area contributed by atoms with E-state index >= 15 is 0 Å². The molecule has 0 fully saturated rings. The van der Waals surface area contributed by atoms with E-state index in [1.165, 1.54) is 0 Å². The molecule has 0 radical (unpaired) electrons. The molecule has 0 aliphatic heterocycles. The van der Waals surface area contributed by atoms with Gasteiger partial charge >= 0.3 is 0 Å². The number of carbonyl (C=O) groups is 1. The quantitative estimate of drug-likeness (QED) is 0.829. The Balaban J connectivity index is 2.11. The summed E-state index contributed by atoms with van der Waals surface area (Å²) in [6.07, 6.45) is 0.866. The molecule has 116 valence electrons. The minimum Gasteiger partial charge on any atom is -0.478 e. The van der Waals surface area contributed by atoms with Crippen molar-refractivity contribution < 1.29 is 9.53 Å². The van der Waals surface area contributed by atoms with Crippen molar-refractivity contribution in [1.82, 2.24) is 0 Å². The number of benzene rings is 2. The van der Waals surface area contributed by atoms with Gasteiger partial charge in [0.25, 0.3) is 5.91 Å². The van der Waals surface area contributed by atoms with E-state index in [1.807, 2.05) is 48.5 Å². The van der Waals surface area contributed by atoms with Crippen LogP contribution in [0, 0.1) is 0 Å². The van der Waals surface area contributed by atoms with Crippen LogP contribution in [0.2, 0.25) is 0 Å². The van der Waals surface area contributed by atoms with Gasteiger partial charge in [-0.1, -0.05) is 41.1 Å². The van der Waals surface area contributed by atoms with Gasteiger partial charge in [0.2, 0.25) is 0 Å². The average molecular weight is 362 g/mol. The number of aryl methyl sites for hydroxylation is 1. The molecule has 0 aliphatic carbocycles. The summed E-state index contributed by atoms with van der Waals surface area (Å²) in [6, 6.07) is 15.2. The Morgan fingerprint density at radius 1 is 1.14 bits per heavy atom. The summed E-state index contributed by atoms with van der Waals surface area (Å²) in [6.45, 7) is 5.59. The van der Waals surface area contributed by atoms with E-state index in [9.17, 15) is 4.79 Å². The van der Waals surface area contributed by atoms with Gasteiger partial charge in [0.1, 0.15) is 5.75 Å². The van der Waals surface area contributed by atoms with Crippen LogP contribution in [0.3, 0.4) is 0 Å². The zero-order valence-corrected chi connectivity index (χ0v) is 14.6. The predicted octanol–water partition coefficient (Wildman–Crippen LogP) is 4.81. The second-order valence-electron chi connectivity index (χ2n) is 5.53. The van der Waals surface area contributed by atoms with Crippen molar-refractivity contribution in [2.24, 2.45) is 0 Å². The fourth-order valence-electron chi connectivity index (χ4n) is 2.07. The van der Waals surface area contributed by atoms with Crippen LogP contribution >= 0.6 is 15.9 Å². The van der Waals surface area contributed by atoms with Crippen LogP contribution in [0.15, 0.2) is 53.0 Å². The van der Waals surface area contributed by atoms with Crippen LogP contribution in [-0.2, 0) is 11.2 Å². The lowest BCUT2D eigenvalue weighted by atomic mass is 10.1. The van der Waals surface area contributed by atoms with Crippen molar-refractivity contribution in [2.45, 2.75) is 32.8 Å². The molecule has 0 aromatic heterocycles. The number of anilines is 1. The number of halogens is 1. The molecule has 2 aromatic rings. The molecule has 0 aliphatic rings. The van der Waals surface area contributed by atoms with E-state index < -0.39 is 5.60 Å². The maximum absolute atomic E-state index is 12.5. The maximum Gasteiger partial charge on any atom is 0.267 e. The van der Waals surface area contributed by atoms with Crippen LogP contribution < -0.4 is 10.1 Å². The fraction of sp³-hybridized carbons (Fsp3) is 0.278. The van der Waals surface area contributed by atoms with Crippen LogP contribution in [0.4, 0.5) is 5.69 Å². The van der Waals surface area contributed by atoms with E-state index in [2.05, 4.69) is 28.2 Å². The van der Waals surface area contributed by atoms with Crippen LogP contribution in [-0.4, -0.2) is 11.5 Å². The Kier molecular flexibility index (Phi) is 5.24. The van der Waals surface area contributed by atoms with Gasteiger partial charge in [-0.15, -0.1) is 0 Å². The number of ether oxygens (including phenoxy) is 1. The highest BCUT2D eigenvalue weighted by atomic mass is 79.9. The maximum atomic E-state index is 12.5. The Labute approximate surface area is 139 Å². The Hall–Kier alpha value is -1.81. The van der Waals surface area contributed by atoms with Crippen LogP contribution in [0.1, 0.15) is 26.3 Å². The third kappa shape index (κ3) is 4.10. The lowest BCUT2D eigenvalue weighted by Gasteiger charge is -2.26. The molecule has 3 nitrogen and oxygen atoms in total. The van der Waals surface area contributed by atoms with Gasteiger partial charge in [-0.25, -0.2) is 0 Å². The van der Waals surface area contributed by atoms with Crippen LogP contribution in [0.25, 0.3) is 0 Å². The van der Waals surface area contributed by atoms with Crippen LogP contribution in [0.5, 0.6) is 5.75 Å². The first-order chi connectivity index (χ1) is 10.4. The third-order valence-corrected chi connectivity index (χ3v) is 3.91. The molecular weight excluding hydrogens is 342 g/mol. The predicted molar refractivity (Wildman–Crippen MR) is 93.3 cm³/mol. The zero-order chi connectivity index (χ0) is 16.2. The molecule has 0 bridgehead atoms. The van der Waals surface area contributed by atoms with Gasteiger partial charge in [0, 0.05) is 10.2 Å². The van der Waals surface area contributed by atoms with E-state index in [0.717, 1.165) is 22.1 Å². The molecule has 0 unspecified atom stereocenters. The second-order valence-corrected chi connectivity index (χ2v) is 6.45. The van der Waals surface area contributed by atoms with Gasteiger partial charge in [0.05, 0.1) is 0 Å². The Bertz CT molecular complexity index is 650. The number of rotatable bonds is 5. The van der Waals surface area contributed by atoms with Gasteiger partial charge in [-0.2, -0.15) is 0 Å². The highest BCUT2D eigenvalue weighted by Gasteiger charge is 2.30. The Morgan fingerprint density at radius 2 is 1.77 bits per heavy atom. The highest BCUT2D eigenvalue weighted by Crippen LogP contribution is 2.23. The number of nitrogens with one attached hydrogen (secondary N) is 1. The first kappa shape index (κ1) is 16.6. The number of amides is 1. The van der Waals surface area contributed by atoms with E-state index in [1.54, 1.807) is 13.8 Å². The summed E-state index contributed by atoms with van der Waals surface area (Å²) in [5.41, 5.74) is 0.979. The smallest absolute Gasteiger partial charge is 0.267 e. The fourth-order valence-corrected chi connectivity index (χ4v) is 2.33. The largest absolute Gasteiger partial charge is 0.478 e. The molecule has 1 N–H and O–H groups in total. The lowest BCUT2D eigenvalue weighted by Crippen LogP contribution is -2.42. The molecule has 4 heteroatoms. The SMILES string of the molecule is CCc1ccccc1NC(=O)C(C)(C)Oc1ccc(Br)cc1. The summed E-state index contributed by atoms with van der Waals surface area (Å²) in [4.78, 5) is 12.5. The molecular formula is C18H20BrNO2. The molecule has 0 spiro atoms. The van der Waals surface area contributed by atoms with E-state index in [-0.39, 0.29) is 5.91 Å². The molecule has 2 aromatic carbocycles. The topological polar surface area (TPSA) is 38.3 Å². The number of carbonyl (C=O) groups excluding carboxylic acids is 1. The average Bonchev–Trinajstić information content (AvgIpc) is 2.50. The van der Waals surface area contributed by atoms with Crippen molar-refractivity contribution in [2.75, 3.05) is 5.32 Å². The lowest BCUT2D eigenvalue weighted by molar-refractivity contribution is -0.128. The standard InChI is InChI=1S/C18H20BrNO2/c1-4-13-7-5-6-8-16(13)20-17(21)18(2,3)22-15-11-9-14(19)10-12-15/h5-12H,4H2,1-3H3,(H,20,21). The van der Waals surface area contributed by atoms with Gasteiger partial charge < -0.3 is 10.1 Å². The monoisotopic (exact) mass is 361 g/mol. The number of para-hydroxylation sites is 1. The van der Waals surface area contributed by atoms with Crippen molar-refractivity contribution >= 4 is 27.5 Å². The minimum atomic E-state index is -0.964. The second kappa shape index (κ2) is 6.97. The summed E-state index contributed by atoms with van der Waals surface area (Å²) in [5, 5.41) is 2.96. The van der Waals surface area contributed by atoms with Crippen molar-refractivity contribution in [3.63, 3.8) is 0 Å². The van der Waals surface area contributed by atoms with Gasteiger partial charge in [0.15, 0.2) is 5.60 Å². The Morgan fingerprint density at radius 3 is 2.41 bits per heavy atom. The first-order valence-corrected chi connectivity index (χ1v) is 8.05. The highest BCUT2D eigenvalue weighted by molar-refractivity contribution is 9.10.